The first kappa shape index (κ1) is 4.81. The van der Waals surface area contributed by atoms with Crippen molar-refractivity contribution in [3.8, 4) is 6.07 Å². The van der Waals surface area contributed by atoms with Crippen molar-refractivity contribution in [1.29, 1.82) is 5.26 Å². The number of nitriles is 1. The third kappa shape index (κ3) is 0.392. The van der Waals surface area contributed by atoms with Crippen LogP contribution in [-0.2, 0) is 0 Å². The lowest BCUT2D eigenvalue weighted by Crippen LogP contribution is -2.27. The highest BCUT2D eigenvalue weighted by Crippen LogP contribution is 2.47. The lowest BCUT2D eigenvalue weighted by molar-refractivity contribution is 0.414. The largest absolute Gasteiger partial charge is 0.197 e. The van der Waals surface area contributed by atoms with Crippen LogP contribution in [0.5, 0.6) is 0 Å². The molecule has 44 valence electrons. The van der Waals surface area contributed by atoms with E-state index in [1.165, 1.54) is 0 Å². The average molecular weight is 117 g/mol. The van der Waals surface area contributed by atoms with E-state index < -0.39 is 0 Å². The Labute approximate surface area is 54.3 Å². The van der Waals surface area contributed by atoms with Gasteiger partial charge in [-0.2, -0.15) is 5.26 Å². The summed E-state index contributed by atoms with van der Waals surface area (Å²) in [5.74, 6) is 0.433. The number of rotatable bonds is 0. The van der Waals surface area contributed by atoms with Crippen LogP contribution in [-0.4, -0.2) is 0 Å². The van der Waals surface area contributed by atoms with E-state index >= 15 is 0 Å². The number of hydrogen-bond acceptors (Lipinski definition) is 1. The molecule has 0 aromatic heterocycles. The molecule has 2 aliphatic carbocycles. The van der Waals surface area contributed by atoms with Gasteiger partial charge in [-0.1, -0.05) is 24.3 Å². The number of nitrogens with zero attached hydrogens (tertiary/aromatic N) is 1. The van der Waals surface area contributed by atoms with Gasteiger partial charge in [0.25, 0.3) is 0 Å². The van der Waals surface area contributed by atoms with Gasteiger partial charge in [0, 0.05) is 5.92 Å². The molecule has 2 unspecified atom stereocenters. The molecule has 2 atom stereocenters. The predicted octanol–water partition coefficient (Wildman–Crippen LogP) is 1.64. The molecule has 2 aliphatic rings. The molecule has 0 heterocycles. The molecule has 1 heteroatoms. The van der Waals surface area contributed by atoms with Gasteiger partial charge in [-0.15, -0.1) is 0 Å². The molecule has 0 spiro atoms. The second kappa shape index (κ2) is 1.27. The molecule has 0 aliphatic heterocycles. The van der Waals surface area contributed by atoms with Crippen molar-refractivity contribution in [3.63, 3.8) is 0 Å². The molecule has 0 saturated heterocycles. The fraction of sp³-hybridized carbons (Fsp3) is 0.375. The van der Waals surface area contributed by atoms with Gasteiger partial charge in [0.2, 0.25) is 0 Å². The molecule has 2 rings (SSSR count). The van der Waals surface area contributed by atoms with E-state index in [4.69, 9.17) is 5.26 Å². The zero-order chi connectivity index (χ0) is 6.32. The van der Waals surface area contributed by atoms with Crippen molar-refractivity contribution < 1.29 is 0 Å². The van der Waals surface area contributed by atoms with Crippen molar-refractivity contribution in [2.75, 3.05) is 0 Å². The molecular weight excluding hydrogens is 110 g/mol. The van der Waals surface area contributed by atoms with Crippen LogP contribution in [0.1, 0.15) is 6.42 Å². The molecule has 9 heavy (non-hydrogen) atoms. The first-order chi connectivity index (χ1) is 4.37. The molecule has 0 amide bonds. The molecule has 0 radical (unpaired) electrons. The quantitative estimate of drug-likeness (QED) is 0.442. The van der Waals surface area contributed by atoms with Crippen molar-refractivity contribution in [1.82, 2.24) is 0 Å². The highest BCUT2D eigenvalue weighted by molar-refractivity contribution is 5.37. The van der Waals surface area contributed by atoms with Crippen LogP contribution >= 0.6 is 0 Å². The van der Waals surface area contributed by atoms with Crippen molar-refractivity contribution in [2.24, 2.45) is 11.3 Å². The van der Waals surface area contributed by atoms with E-state index in [9.17, 15) is 0 Å². The molecule has 0 bridgehead atoms. The summed E-state index contributed by atoms with van der Waals surface area (Å²) in [7, 11) is 0. The maximum Gasteiger partial charge on any atom is 0.0884 e. The van der Waals surface area contributed by atoms with Crippen LogP contribution in [0.3, 0.4) is 0 Å². The van der Waals surface area contributed by atoms with Crippen LogP contribution < -0.4 is 0 Å². The van der Waals surface area contributed by atoms with E-state index in [1.807, 2.05) is 6.08 Å². The third-order valence-corrected chi connectivity index (χ3v) is 2.20. The van der Waals surface area contributed by atoms with Gasteiger partial charge in [-0.25, -0.2) is 0 Å². The predicted molar refractivity (Wildman–Crippen MR) is 34.4 cm³/mol. The summed E-state index contributed by atoms with van der Waals surface area (Å²) in [6, 6.07) is 2.33. The Kier molecular flexibility index (Phi) is 0.681. The van der Waals surface area contributed by atoms with Gasteiger partial charge in [-0.3, -0.25) is 0 Å². The minimum atomic E-state index is -0.111. The first-order valence-corrected chi connectivity index (χ1v) is 3.15. The molecule has 1 nitrogen and oxygen atoms in total. The topological polar surface area (TPSA) is 23.8 Å². The molecule has 0 aromatic carbocycles. The lowest BCUT2D eigenvalue weighted by atomic mass is 9.70. The smallest absolute Gasteiger partial charge is 0.0884 e. The van der Waals surface area contributed by atoms with E-state index in [0.717, 1.165) is 6.42 Å². The zero-order valence-electron chi connectivity index (χ0n) is 5.04. The fourth-order valence-electron chi connectivity index (χ4n) is 1.45. The Morgan fingerprint density at radius 3 is 2.78 bits per heavy atom. The molecule has 0 aromatic rings. The van der Waals surface area contributed by atoms with E-state index in [1.54, 1.807) is 0 Å². The SMILES string of the molecule is N#CC12C=CC1C=CC2. The van der Waals surface area contributed by atoms with E-state index in [0.29, 0.717) is 5.92 Å². The Hall–Kier alpha value is -1.03. The van der Waals surface area contributed by atoms with Crippen LogP contribution in [0.2, 0.25) is 0 Å². The number of hydrogen-bond donors (Lipinski definition) is 0. The maximum atomic E-state index is 8.71. The fourth-order valence-corrected chi connectivity index (χ4v) is 1.45. The maximum absolute atomic E-state index is 8.71. The minimum absolute atomic E-state index is 0.111. The molecule has 0 saturated carbocycles. The Bertz CT molecular complexity index is 231. The van der Waals surface area contributed by atoms with Crippen LogP contribution in [0.25, 0.3) is 0 Å². The highest BCUT2D eigenvalue weighted by Gasteiger charge is 2.42. The summed E-state index contributed by atoms with van der Waals surface area (Å²) < 4.78 is 0. The normalized spacial score (nSPS) is 43.7. The van der Waals surface area contributed by atoms with Gasteiger partial charge in [-0.05, 0) is 6.42 Å². The molecule has 0 fully saturated rings. The molecular formula is C8H7N. The summed E-state index contributed by atoms with van der Waals surface area (Å²) in [5, 5.41) is 8.71. The second-order valence-corrected chi connectivity index (χ2v) is 2.67. The first-order valence-electron chi connectivity index (χ1n) is 3.15. The second-order valence-electron chi connectivity index (χ2n) is 2.67. The van der Waals surface area contributed by atoms with Gasteiger partial charge in [0.1, 0.15) is 0 Å². The van der Waals surface area contributed by atoms with Crippen LogP contribution in [0, 0.1) is 22.7 Å². The lowest BCUT2D eigenvalue weighted by Gasteiger charge is -2.30. The van der Waals surface area contributed by atoms with Crippen LogP contribution in [0.4, 0.5) is 0 Å². The zero-order valence-corrected chi connectivity index (χ0v) is 5.04. The standard InChI is InChI=1S/C8H7N/c9-6-8-4-1-2-7(8)3-5-8/h1-3,5,7H,4H2. The summed E-state index contributed by atoms with van der Waals surface area (Å²) in [4.78, 5) is 0. The summed E-state index contributed by atoms with van der Waals surface area (Å²) >= 11 is 0. The number of fused-ring (bicyclic) bond motifs is 1. The minimum Gasteiger partial charge on any atom is -0.197 e. The highest BCUT2D eigenvalue weighted by atomic mass is 14.5. The van der Waals surface area contributed by atoms with Crippen molar-refractivity contribution >= 4 is 0 Å². The van der Waals surface area contributed by atoms with E-state index in [-0.39, 0.29) is 5.41 Å². The monoisotopic (exact) mass is 117 g/mol. The van der Waals surface area contributed by atoms with Crippen molar-refractivity contribution in [2.45, 2.75) is 6.42 Å². The summed E-state index contributed by atoms with van der Waals surface area (Å²) in [6.07, 6.45) is 9.23. The number of allylic oxidation sites excluding steroid dienone is 4. The summed E-state index contributed by atoms with van der Waals surface area (Å²) in [5.41, 5.74) is -0.111. The molecule has 0 N–H and O–H groups in total. The Balaban J connectivity index is 2.39. The van der Waals surface area contributed by atoms with Crippen molar-refractivity contribution in [3.05, 3.63) is 24.3 Å². The van der Waals surface area contributed by atoms with Gasteiger partial charge in [0.15, 0.2) is 0 Å². The van der Waals surface area contributed by atoms with Gasteiger partial charge >= 0.3 is 0 Å². The van der Waals surface area contributed by atoms with Gasteiger partial charge in [0.05, 0.1) is 11.5 Å². The summed E-state index contributed by atoms with van der Waals surface area (Å²) in [6.45, 7) is 0. The van der Waals surface area contributed by atoms with Gasteiger partial charge < -0.3 is 0 Å². The van der Waals surface area contributed by atoms with Crippen LogP contribution in [0.15, 0.2) is 24.3 Å². The van der Waals surface area contributed by atoms with E-state index in [2.05, 4.69) is 24.3 Å². The third-order valence-electron chi connectivity index (χ3n) is 2.20. The average Bonchev–Trinajstić information content (AvgIpc) is 2.10. The Morgan fingerprint density at radius 1 is 1.56 bits per heavy atom. The Morgan fingerprint density at radius 2 is 2.44 bits per heavy atom.